The number of benzene rings is 2. The van der Waals surface area contributed by atoms with Crippen molar-refractivity contribution in [2.24, 2.45) is 0 Å². The zero-order valence-electron chi connectivity index (χ0n) is 15.0. The Morgan fingerprint density at radius 3 is 2.04 bits per heavy atom. The summed E-state index contributed by atoms with van der Waals surface area (Å²) in [5.74, 6) is -1.11. The van der Waals surface area contributed by atoms with Gasteiger partial charge in [-0.1, -0.05) is 59.7 Å². The number of carbonyl (C=O) groups excluding carboxylic acids is 2. The number of rotatable bonds is 6. The molecular formula is C22H22N2O2. The highest BCUT2D eigenvalue weighted by Crippen LogP contribution is 2.10. The van der Waals surface area contributed by atoms with E-state index in [1.807, 2.05) is 68.6 Å². The Morgan fingerprint density at radius 1 is 0.846 bits per heavy atom. The second-order valence-electron chi connectivity index (χ2n) is 6.50. The molecule has 4 heteroatoms. The standard InChI is InChI=1S/C22H22N2O2/c1-16-5-9-18(10-6-16)14-23-22(26)21(25)20-4-3-13-24(20)15-19-11-7-17(2)8-12-19/h3-13H,14-15H2,1-2H3,(H,23,26). The number of ketones is 1. The minimum absolute atomic E-state index is 0.337. The van der Waals surface area contributed by atoms with Gasteiger partial charge in [0.2, 0.25) is 0 Å². The SMILES string of the molecule is Cc1ccc(CNC(=O)C(=O)c2cccn2Cc2ccc(C)cc2)cc1. The van der Waals surface area contributed by atoms with Crippen LogP contribution in [-0.2, 0) is 17.9 Å². The van der Waals surface area contributed by atoms with E-state index in [-0.39, 0.29) is 0 Å². The van der Waals surface area contributed by atoms with Crippen molar-refractivity contribution in [2.75, 3.05) is 0 Å². The maximum absolute atomic E-state index is 12.5. The Bertz CT molecular complexity index is 906. The molecule has 3 rings (SSSR count). The predicted molar refractivity (Wildman–Crippen MR) is 102 cm³/mol. The van der Waals surface area contributed by atoms with Crippen molar-refractivity contribution in [3.63, 3.8) is 0 Å². The molecule has 132 valence electrons. The number of Topliss-reactive ketones (excluding diaryl/α,β-unsaturated/α-hetero) is 1. The molecule has 2 aromatic carbocycles. The van der Waals surface area contributed by atoms with Crippen molar-refractivity contribution in [1.29, 1.82) is 0 Å². The lowest BCUT2D eigenvalue weighted by Crippen LogP contribution is -2.32. The van der Waals surface area contributed by atoms with E-state index in [0.29, 0.717) is 18.8 Å². The smallest absolute Gasteiger partial charge is 0.294 e. The normalized spacial score (nSPS) is 10.5. The van der Waals surface area contributed by atoms with E-state index >= 15 is 0 Å². The first-order valence-corrected chi connectivity index (χ1v) is 8.62. The van der Waals surface area contributed by atoms with Crippen molar-refractivity contribution in [3.05, 3.63) is 94.8 Å². The van der Waals surface area contributed by atoms with Crippen molar-refractivity contribution in [2.45, 2.75) is 26.9 Å². The molecule has 0 aliphatic rings. The molecule has 1 N–H and O–H groups in total. The van der Waals surface area contributed by atoms with Gasteiger partial charge in [0.25, 0.3) is 11.7 Å². The van der Waals surface area contributed by atoms with Gasteiger partial charge >= 0.3 is 0 Å². The van der Waals surface area contributed by atoms with Crippen LogP contribution in [-0.4, -0.2) is 16.3 Å². The largest absolute Gasteiger partial charge is 0.345 e. The number of hydrogen-bond donors (Lipinski definition) is 1. The van der Waals surface area contributed by atoms with Gasteiger partial charge in [-0.25, -0.2) is 0 Å². The molecule has 1 heterocycles. The molecular weight excluding hydrogens is 324 g/mol. The van der Waals surface area contributed by atoms with Crippen molar-refractivity contribution < 1.29 is 9.59 Å². The second-order valence-corrected chi connectivity index (χ2v) is 6.50. The van der Waals surface area contributed by atoms with Gasteiger partial charge in [-0.3, -0.25) is 9.59 Å². The fraction of sp³-hybridized carbons (Fsp3) is 0.182. The number of aryl methyl sites for hydroxylation is 2. The van der Waals surface area contributed by atoms with Crippen LogP contribution in [0.5, 0.6) is 0 Å². The molecule has 1 amide bonds. The molecule has 0 radical (unpaired) electrons. The maximum atomic E-state index is 12.5. The minimum atomic E-state index is -0.588. The zero-order chi connectivity index (χ0) is 18.5. The van der Waals surface area contributed by atoms with Gasteiger partial charge in [0.15, 0.2) is 0 Å². The Labute approximate surface area is 153 Å². The van der Waals surface area contributed by atoms with Crippen LogP contribution in [0.2, 0.25) is 0 Å². The van der Waals surface area contributed by atoms with E-state index < -0.39 is 11.7 Å². The van der Waals surface area contributed by atoms with Crippen LogP contribution >= 0.6 is 0 Å². The van der Waals surface area contributed by atoms with E-state index in [9.17, 15) is 9.59 Å². The highest BCUT2D eigenvalue weighted by atomic mass is 16.2. The van der Waals surface area contributed by atoms with E-state index in [1.54, 1.807) is 16.7 Å². The number of nitrogens with one attached hydrogen (secondary N) is 1. The summed E-state index contributed by atoms with van der Waals surface area (Å²) < 4.78 is 1.80. The quantitative estimate of drug-likeness (QED) is 0.547. The summed E-state index contributed by atoms with van der Waals surface area (Å²) in [4.78, 5) is 24.8. The summed E-state index contributed by atoms with van der Waals surface area (Å²) in [6.07, 6.45) is 1.82. The van der Waals surface area contributed by atoms with Crippen LogP contribution in [0.25, 0.3) is 0 Å². The lowest BCUT2D eigenvalue weighted by atomic mass is 10.1. The summed E-state index contributed by atoms with van der Waals surface area (Å²) in [6.45, 7) is 4.93. The monoisotopic (exact) mass is 346 g/mol. The third kappa shape index (κ3) is 4.28. The molecule has 0 aliphatic heterocycles. The summed E-state index contributed by atoms with van der Waals surface area (Å²) in [5.41, 5.74) is 4.79. The van der Waals surface area contributed by atoms with E-state index in [4.69, 9.17) is 0 Å². The molecule has 4 nitrogen and oxygen atoms in total. The van der Waals surface area contributed by atoms with Crippen LogP contribution < -0.4 is 5.32 Å². The molecule has 0 aliphatic carbocycles. The van der Waals surface area contributed by atoms with Crippen LogP contribution in [0, 0.1) is 13.8 Å². The molecule has 0 saturated heterocycles. The van der Waals surface area contributed by atoms with Crippen molar-refractivity contribution in [3.8, 4) is 0 Å². The third-order valence-corrected chi connectivity index (χ3v) is 4.32. The van der Waals surface area contributed by atoms with Gasteiger partial charge in [0.05, 0.1) is 5.69 Å². The Kier molecular flexibility index (Phi) is 5.32. The molecule has 0 unspecified atom stereocenters. The molecule has 0 spiro atoms. The zero-order valence-corrected chi connectivity index (χ0v) is 15.0. The summed E-state index contributed by atoms with van der Waals surface area (Å²) in [5, 5.41) is 2.70. The molecule has 26 heavy (non-hydrogen) atoms. The summed E-state index contributed by atoms with van der Waals surface area (Å²) >= 11 is 0. The topological polar surface area (TPSA) is 51.1 Å². The van der Waals surface area contributed by atoms with Crippen molar-refractivity contribution in [1.82, 2.24) is 9.88 Å². The lowest BCUT2D eigenvalue weighted by molar-refractivity contribution is -0.117. The molecule has 3 aromatic rings. The van der Waals surface area contributed by atoms with Gasteiger partial charge in [0, 0.05) is 19.3 Å². The Balaban J connectivity index is 1.65. The van der Waals surface area contributed by atoms with Crippen LogP contribution in [0.4, 0.5) is 0 Å². The molecule has 0 saturated carbocycles. The number of aromatic nitrogens is 1. The maximum Gasteiger partial charge on any atom is 0.294 e. The van der Waals surface area contributed by atoms with Gasteiger partial charge in [-0.05, 0) is 37.1 Å². The third-order valence-electron chi connectivity index (χ3n) is 4.32. The van der Waals surface area contributed by atoms with Gasteiger partial charge in [0.1, 0.15) is 0 Å². The van der Waals surface area contributed by atoms with E-state index in [0.717, 1.165) is 16.7 Å². The average molecular weight is 346 g/mol. The fourth-order valence-corrected chi connectivity index (χ4v) is 2.73. The number of carbonyl (C=O) groups is 2. The first-order valence-electron chi connectivity index (χ1n) is 8.62. The van der Waals surface area contributed by atoms with Gasteiger partial charge < -0.3 is 9.88 Å². The molecule has 0 fully saturated rings. The highest BCUT2D eigenvalue weighted by Gasteiger charge is 2.19. The van der Waals surface area contributed by atoms with E-state index in [2.05, 4.69) is 5.32 Å². The van der Waals surface area contributed by atoms with Crippen LogP contribution in [0.1, 0.15) is 32.7 Å². The average Bonchev–Trinajstić information content (AvgIpc) is 3.10. The molecule has 1 aromatic heterocycles. The van der Waals surface area contributed by atoms with Crippen LogP contribution in [0.3, 0.4) is 0 Å². The number of amides is 1. The van der Waals surface area contributed by atoms with Crippen molar-refractivity contribution >= 4 is 11.7 Å². The lowest BCUT2D eigenvalue weighted by Gasteiger charge is -2.10. The van der Waals surface area contributed by atoms with E-state index in [1.165, 1.54) is 5.56 Å². The number of nitrogens with zero attached hydrogens (tertiary/aromatic N) is 1. The fourth-order valence-electron chi connectivity index (χ4n) is 2.73. The van der Waals surface area contributed by atoms with Crippen LogP contribution in [0.15, 0.2) is 66.9 Å². The summed E-state index contributed by atoms with van der Waals surface area (Å²) in [7, 11) is 0. The Hall–Kier alpha value is -3.14. The number of hydrogen-bond acceptors (Lipinski definition) is 2. The first-order chi connectivity index (χ1) is 12.5. The van der Waals surface area contributed by atoms with Gasteiger partial charge in [-0.15, -0.1) is 0 Å². The minimum Gasteiger partial charge on any atom is -0.345 e. The summed E-state index contributed by atoms with van der Waals surface area (Å²) in [6, 6.07) is 19.5. The Morgan fingerprint density at radius 2 is 1.42 bits per heavy atom. The second kappa shape index (κ2) is 7.83. The van der Waals surface area contributed by atoms with Gasteiger partial charge in [-0.2, -0.15) is 0 Å². The predicted octanol–water partition coefficient (Wildman–Crippen LogP) is 3.65. The molecule has 0 bridgehead atoms. The highest BCUT2D eigenvalue weighted by molar-refractivity contribution is 6.42. The first kappa shape index (κ1) is 17.7. The molecule has 0 atom stereocenters.